The van der Waals surface area contributed by atoms with Crippen LogP contribution in [0.3, 0.4) is 0 Å². The standard InChI is InChI=1S/C18H38N6.HI/c1-6-23(7-2)13-16-8-9-24(14-16)18(19-3)20-12-17-15-21(4)10-11-22(17)5;/h16-17H,6-15H2,1-5H3,(H,19,20);1H. The Morgan fingerprint density at radius 2 is 1.84 bits per heavy atom. The molecule has 0 spiro atoms. The molecule has 0 aliphatic carbocycles. The first-order valence-corrected chi connectivity index (χ1v) is 9.64. The van der Waals surface area contributed by atoms with Gasteiger partial charge in [0.25, 0.3) is 0 Å². The number of likely N-dealkylation sites (N-methyl/N-ethyl adjacent to an activating group) is 2. The van der Waals surface area contributed by atoms with Crippen molar-refractivity contribution in [3.05, 3.63) is 0 Å². The quantitative estimate of drug-likeness (QED) is 0.361. The number of piperazine rings is 1. The Labute approximate surface area is 172 Å². The lowest BCUT2D eigenvalue weighted by atomic mass is 10.1. The Balaban J connectivity index is 0.00000312. The smallest absolute Gasteiger partial charge is 0.193 e. The summed E-state index contributed by atoms with van der Waals surface area (Å²) in [5, 5.41) is 3.63. The minimum absolute atomic E-state index is 0. The van der Waals surface area contributed by atoms with Gasteiger partial charge in [-0.05, 0) is 39.5 Å². The second kappa shape index (κ2) is 11.6. The minimum Gasteiger partial charge on any atom is -0.355 e. The van der Waals surface area contributed by atoms with Crippen LogP contribution in [0.2, 0.25) is 0 Å². The topological polar surface area (TPSA) is 37.4 Å². The zero-order valence-electron chi connectivity index (χ0n) is 16.9. The molecule has 6 nitrogen and oxygen atoms in total. The Morgan fingerprint density at radius 1 is 1.12 bits per heavy atom. The molecule has 0 aromatic carbocycles. The van der Waals surface area contributed by atoms with Crippen LogP contribution in [0.5, 0.6) is 0 Å². The summed E-state index contributed by atoms with van der Waals surface area (Å²) in [7, 11) is 6.36. The maximum absolute atomic E-state index is 4.54. The van der Waals surface area contributed by atoms with E-state index in [0.29, 0.717) is 6.04 Å². The van der Waals surface area contributed by atoms with E-state index in [9.17, 15) is 0 Å². The van der Waals surface area contributed by atoms with Crippen LogP contribution < -0.4 is 5.32 Å². The van der Waals surface area contributed by atoms with Crippen LogP contribution in [0.15, 0.2) is 4.99 Å². The van der Waals surface area contributed by atoms with Gasteiger partial charge in [0, 0.05) is 58.9 Å². The fraction of sp³-hybridized carbons (Fsp3) is 0.944. The number of likely N-dealkylation sites (tertiary alicyclic amines) is 1. The van der Waals surface area contributed by atoms with E-state index in [0.717, 1.165) is 57.7 Å². The Bertz CT molecular complexity index is 401. The normalized spacial score (nSPS) is 26.2. The van der Waals surface area contributed by atoms with E-state index in [4.69, 9.17) is 0 Å². The van der Waals surface area contributed by atoms with E-state index in [-0.39, 0.29) is 24.0 Å². The first kappa shape index (κ1) is 22.9. The van der Waals surface area contributed by atoms with Gasteiger partial charge in [-0.15, -0.1) is 24.0 Å². The van der Waals surface area contributed by atoms with Crippen LogP contribution in [-0.4, -0.2) is 112 Å². The molecule has 2 heterocycles. The predicted octanol–water partition coefficient (Wildman–Crippen LogP) is 1.09. The number of hydrogen-bond acceptors (Lipinski definition) is 4. The van der Waals surface area contributed by atoms with E-state index in [1.165, 1.54) is 19.5 Å². The second-order valence-corrected chi connectivity index (χ2v) is 7.41. The van der Waals surface area contributed by atoms with Crippen LogP contribution in [0.4, 0.5) is 0 Å². The molecule has 0 radical (unpaired) electrons. The average molecular weight is 466 g/mol. The molecule has 7 heteroatoms. The van der Waals surface area contributed by atoms with Crippen LogP contribution in [0.1, 0.15) is 20.3 Å². The summed E-state index contributed by atoms with van der Waals surface area (Å²) in [5.41, 5.74) is 0. The summed E-state index contributed by atoms with van der Waals surface area (Å²) in [6.07, 6.45) is 1.28. The zero-order valence-corrected chi connectivity index (χ0v) is 19.2. The van der Waals surface area contributed by atoms with Gasteiger partial charge in [-0.2, -0.15) is 0 Å². The van der Waals surface area contributed by atoms with Gasteiger partial charge < -0.3 is 20.0 Å². The SMILES string of the molecule is CCN(CC)CC1CCN(C(=NC)NCC2CN(C)CCN2C)C1.I. The van der Waals surface area contributed by atoms with Gasteiger partial charge >= 0.3 is 0 Å². The van der Waals surface area contributed by atoms with E-state index < -0.39 is 0 Å². The first-order chi connectivity index (χ1) is 11.6. The molecule has 2 aliphatic heterocycles. The minimum atomic E-state index is 0. The molecule has 2 unspecified atom stereocenters. The van der Waals surface area contributed by atoms with Gasteiger partial charge in [-0.25, -0.2) is 0 Å². The highest BCUT2D eigenvalue weighted by Crippen LogP contribution is 2.17. The molecule has 148 valence electrons. The number of halogens is 1. The molecule has 2 aliphatic rings. The number of rotatable bonds is 6. The van der Waals surface area contributed by atoms with Crippen molar-refractivity contribution in [2.24, 2.45) is 10.9 Å². The maximum Gasteiger partial charge on any atom is 0.193 e. The molecule has 0 amide bonds. The monoisotopic (exact) mass is 466 g/mol. The van der Waals surface area contributed by atoms with Crippen molar-refractivity contribution in [3.8, 4) is 0 Å². The van der Waals surface area contributed by atoms with Gasteiger partial charge in [0.15, 0.2) is 5.96 Å². The van der Waals surface area contributed by atoms with Gasteiger partial charge in [-0.3, -0.25) is 9.89 Å². The molecule has 2 rings (SSSR count). The number of hydrogen-bond donors (Lipinski definition) is 1. The van der Waals surface area contributed by atoms with Crippen molar-refractivity contribution in [1.29, 1.82) is 0 Å². The molecule has 1 N–H and O–H groups in total. The lowest BCUT2D eigenvalue weighted by molar-refractivity contribution is 0.116. The molecular formula is C18H39IN6. The summed E-state index contributed by atoms with van der Waals surface area (Å²) in [6, 6.07) is 0.564. The van der Waals surface area contributed by atoms with Gasteiger partial charge in [0.1, 0.15) is 0 Å². The second-order valence-electron chi connectivity index (χ2n) is 7.41. The fourth-order valence-corrected chi connectivity index (χ4v) is 3.88. The molecule has 0 saturated carbocycles. The van der Waals surface area contributed by atoms with Crippen LogP contribution in [-0.2, 0) is 0 Å². The van der Waals surface area contributed by atoms with E-state index >= 15 is 0 Å². The van der Waals surface area contributed by atoms with Crippen molar-refractivity contribution in [2.75, 3.05) is 80.0 Å². The van der Waals surface area contributed by atoms with Crippen molar-refractivity contribution in [3.63, 3.8) is 0 Å². The lowest BCUT2D eigenvalue weighted by Gasteiger charge is -2.38. The van der Waals surface area contributed by atoms with E-state index in [2.05, 4.69) is 57.9 Å². The zero-order chi connectivity index (χ0) is 17.5. The largest absolute Gasteiger partial charge is 0.355 e. The van der Waals surface area contributed by atoms with Crippen molar-refractivity contribution in [2.45, 2.75) is 26.3 Å². The average Bonchev–Trinajstić information content (AvgIpc) is 3.04. The predicted molar refractivity (Wildman–Crippen MR) is 118 cm³/mol. The molecule has 2 fully saturated rings. The summed E-state index contributed by atoms with van der Waals surface area (Å²) >= 11 is 0. The molecule has 0 aromatic heterocycles. The third kappa shape index (κ3) is 6.84. The maximum atomic E-state index is 4.54. The van der Waals surface area contributed by atoms with Gasteiger partial charge in [0.05, 0.1) is 0 Å². The van der Waals surface area contributed by atoms with Crippen molar-refractivity contribution >= 4 is 29.9 Å². The molecule has 25 heavy (non-hydrogen) atoms. The molecular weight excluding hydrogens is 427 g/mol. The highest BCUT2D eigenvalue weighted by atomic mass is 127. The Morgan fingerprint density at radius 3 is 2.48 bits per heavy atom. The van der Waals surface area contributed by atoms with Crippen LogP contribution in [0.25, 0.3) is 0 Å². The molecule has 2 saturated heterocycles. The molecule has 2 atom stereocenters. The highest BCUT2D eigenvalue weighted by molar-refractivity contribution is 14.0. The van der Waals surface area contributed by atoms with Crippen LogP contribution >= 0.6 is 24.0 Å². The first-order valence-electron chi connectivity index (χ1n) is 9.64. The summed E-state index contributed by atoms with van der Waals surface area (Å²) in [5.74, 6) is 1.85. The molecule has 0 bridgehead atoms. The van der Waals surface area contributed by atoms with Gasteiger partial charge in [0.2, 0.25) is 0 Å². The Kier molecular flexibility index (Phi) is 10.6. The van der Waals surface area contributed by atoms with E-state index in [1.54, 1.807) is 0 Å². The number of nitrogens with zero attached hydrogens (tertiary/aromatic N) is 5. The summed E-state index contributed by atoms with van der Waals surface area (Å²) in [4.78, 5) is 14.4. The summed E-state index contributed by atoms with van der Waals surface area (Å²) < 4.78 is 0. The van der Waals surface area contributed by atoms with Crippen molar-refractivity contribution < 1.29 is 0 Å². The lowest BCUT2D eigenvalue weighted by Crippen LogP contribution is -2.55. The van der Waals surface area contributed by atoms with E-state index in [1.807, 2.05) is 7.05 Å². The Hall–Kier alpha value is -0.120. The third-order valence-electron chi connectivity index (χ3n) is 5.68. The third-order valence-corrected chi connectivity index (χ3v) is 5.68. The number of aliphatic imine (C=N–C) groups is 1. The summed E-state index contributed by atoms with van der Waals surface area (Å²) in [6.45, 7) is 14.7. The van der Waals surface area contributed by atoms with Crippen molar-refractivity contribution in [1.82, 2.24) is 24.9 Å². The molecule has 0 aromatic rings. The van der Waals surface area contributed by atoms with Gasteiger partial charge in [-0.1, -0.05) is 13.8 Å². The number of nitrogens with one attached hydrogen (secondary N) is 1. The van der Waals surface area contributed by atoms with Crippen LogP contribution in [0, 0.1) is 5.92 Å². The number of guanidine groups is 1. The highest BCUT2D eigenvalue weighted by Gasteiger charge is 2.27. The fourth-order valence-electron chi connectivity index (χ4n) is 3.88.